The van der Waals surface area contributed by atoms with Crippen LogP contribution in [0.1, 0.15) is 18.4 Å². The topological polar surface area (TPSA) is 53.4 Å². The molecule has 0 saturated carbocycles. The maximum absolute atomic E-state index is 11.0. The van der Waals surface area contributed by atoms with Crippen molar-refractivity contribution in [2.75, 3.05) is 13.1 Å². The molecule has 5 heteroatoms. The van der Waals surface area contributed by atoms with Crippen LogP contribution in [0.3, 0.4) is 0 Å². The Morgan fingerprint density at radius 3 is 2.81 bits per heavy atom. The van der Waals surface area contributed by atoms with E-state index < -0.39 is 5.97 Å². The minimum absolute atomic E-state index is 0.193. The number of halogens is 1. The van der Waals surface area contributed by atoms with Gasteiger partial charge in [-0.15, -0.1) is 0 Å². The lowest BCUT2D eigenvalue weighted by molar-refractivity contribution is -0.143. The van der Waals surface area contributed by atoms with Crippen LogP contribution in [0.5, 0.6) is 0 Å². The Kier molecular flexibility index (Phi) is 4.08. The summed E-state index contributed by atoms with van der Waals surface area (Å²) in [6, 6.07) is 7.78. The van der Waals surface area contributed by atoms with E-state index in [1.165, 1.54) is 0 Å². The summed E-state index contributed by atoms with van der Waals surface area (Å²) in [6.07, 6.45) is 3.21. The molecule has 1 aliphatic rings. The summed E-state index contributed by atoms with van der Waals surface area (Å²) in [5.74, 6) is -0.866. The number of aliphatic carboxylic acids is 1. The van der Waals surface area contributed by atoms with E-state index in [4.69, 9.17) is 16.7 Å². The first-order valence-corrected chi connectivity index (χ1v) is 7.50. The normalized spacial score (nSPS) is 17.2. The van der Waals surface area contributed by atoms with Crippen LogP contribution in [-0.2, 0) is 11.3 Å². The summed E-state index contributed by atoms with van der Waals surface area (Å²) in [4.78, 5) is 17.7. The van der Waals surface area contributed by atoms with Gasteiger partial charge in [-0.3, -0.25) is 14.7 Å². The minimum atomic E-state index is -0.673. The molecule has 1 fully saturated rings. The largest absolute Gasteiger partial charge is 0.481 e. The molecule has 0 radical (unpaired) electrons. The highest BCUT2D eigenvalue weighted by molar-refractivity contribution is 6.35. The molecule has 0 amide bonds. The van der Waals surface area contributed by atoms with Gasteiger partial charge in [0.05, 0.1) is 11.4 Å². The zero-order valence-electron chi connectivity index (χ0n) is 11.6. The van der Waals surface area contributed by atoms with E-state index in [0.717, 1.165) is 36.1 Å². The Morgan fingerprint density at radius 1 is 1.33 bits per heavy atom. The molecular formula is C16H17ClN2O2. The van der Waals surface area contributed by atoms with Crippen LogP contribution in [0, 0.1) is 5.92 Å². The van der Waals surface area contributed by atoms with Crippen LogP contribution in [0.25, 0.3) is 10.9 Å². The van der Waals surface area contributed by atoms with Crippen molar-refractivity contribution >= 4 is 28.5 Å². The van der Waals surface area contributed by atoms with Crippen molar-refractivity contribution in [1.82, 2.24) is 9.88 Å². The van der Waals surface area contributed by atoms with Crippen LogP contribution in [-0.4, -0.2) is 34.0 Å². The summed E-state index contributed by atoms with van der Waals surface area (Å²) in [5.41, 5.74) is 2.08. The van der Waals surface area contributed by atoms with Crippen LogP contribution in [0.15, 0.2) is 30.5 Å². The second-order valence-corrected chi connectivity index (χ2v) is 5.90. The second kappa shape index (κ2) is 6.00. The summed E-state index contributed by atoms with van der Waals surface area (Å²) >= 11 is 6.21. The molecule has 21 heavy (non-hydrogen) atoms. The zero-order chi connectivity index (χ0) is 14.8. The SMILES string of the molecule is O=C(O)C1CCN(Cc2ccc(Cl)c3cccnc23)CC1. The van der Waals surface area contributed by atoms with Gasteiger partial charge < -0.3 is 5.11 Å². The standard InChI is InChI=1S/C16H17ClN2O2/c17-14-4-3-12(15-13(14)2-1-7-18-15)10-19-8-5-11(6-9-19)16(20)21/h1-4,7,11H,5-6,8-10H2,(H,20,21). The van der Waals surface area contributed by atoms with E-state index in [0.29, 0.717) is 17.9 Å². The number of pyridine rings is 1. The predicted octanol–water partition coefficient (Wildman–Crippen LogP) is 3.18. The molecule has 1 N–H and O–H groups in total. The van der Waals surface area contributed by atoms with Crippen molar-refractivity contribution in [3.8, 4) is 0 Å². The van der Waals surface area contributed by atoms with E-state index in [9.17, 15) is 4.79 Å². The molecular weight excluding hydrogens is 288 g/mol. The highest BCUT2D eigenvalue weighted by Gasteiger charge is 2.24. The molecule has 3 rings (SSSR count). The smallest absolute Gasteiger partial charge is 0.306 e. The van der Waals surface area contributed by atoms with Gasteiger partial charge in [-0.25, -0.2) is 0 Å². The van der Waals surface area contributed by atoms with E-state index >= 15 is 0 Å². The third kappa shape index (κ3) is 3.01. The van der Waals surface area contributed by atoms with Crippen molar-refractivity contribution in [1.29, 1.82) is 0 Å². The first-order valence-electron chi connectivity index (χ1n) is 7.12. The van der Waals surface area contributed by atoms with Crippen molar-refractivity contribution in [3.05, 3.63) is 41.0 Å². The Labute approximate surface area is 128 Å². The highest BCUT2D eigenvalue weighted by Crippen LogP contribution is 2.27. The summed E-state index contributed by atoms with van der Waals surface area (Å²) < 4.78 is 0. The molecule has 0 spiro atoms. The Morgan fingerprint density at radius 2 is 2.10 bits per heavy atom. The number of benzene rings is 1. The van der Waals surface area contributed by atoms with E-state index in [1.807, 2.05) is 24.3 Å². The Bertz CT molecular complexity index is 666. The molecule has 110 valence electrons. The number of hydrogen-bond donors (Lipinski definition) is 1. The first kappa shape index (κ1) is 14.3. The van der Waals surface area contributed by atoms with Crippen LogP contribution in [0.4, 0.5) is 0 Å². The average Bonchev–Trinajstić information content (AvgIpc) is 2.51. The maximum Gasteiger partial charge on any atom is 0.306 e. The number of rotatable bonds is 3. The van der Waals surface area contributed by atoms with Gasteiger partial charge in [0.15, 0.2) is 0 Å². The van der Waals surface area contributed by atoms with Crippen LogP contribution < -0.4 is 0 Å². The third-order valence-corrected chi connectivity index (χ3v) is 4.46. The molecule has 1 aromatic carbocycles. The van der Waals surface area contributed by atoms with E-state index in [-0.39, 0.29) is 5.92 Å². The van der Waals surface area contributed by atoms with Crippen molar-refractivity contribution in [3.63, 3.8) is 0 Å². The number of carboxylic acid groups (broad SMARTS) is 1. The first-order chi connectivity index (χ1) is 10.1. The van der Waals surface area contributed by atoms with Gasteiger partial charge in [0.2, 0.25) is 0 Å². The number of carbonyl (C=O) groups is 1. The zero-order valence-corrected chi connectivity index (χ0v) is 12.4. The number of piperidine rings is 1. The van der Waals surface area contributed by atoms with Crippen molar-refractivity contribution < 1.29 is 9.90 Å². The molecule has 0 unspecified atom stereocenters. The molecule has 1 saturated heterocycles. The lowest BCUT2D eigenvalue weighted by atomic mass is 9.96. The number of nitrogens with zero attached hydrogens (tertiary/aromatic N) is 2. The Hall–Kier alpha value is -1.65. The van der Waals surface area contributed by atoms with Gasteiger partial charge in [-0.1, -0.05) is 17.7 Å². The van der Waals surface area contributed by atoms with E-state index in [1.54, 1.807) is 6.20 Å². The van der Waals surface area contributed by atoms with Crippen LogP contribution in [0.2, 0.25) is 5.02 Å². The number of fused-ring (bicyclic) bond motifs is 1. The number of likely N-dealkylation sites (tertiary alicyclic amines) is 1. The second-order valence-electron chi connectivity index (χ2n) is 5.49. The molecule has 0 atom stereocenters. The fraction of sp³-hybridized carbons (Fsp3) is 0.375. The monoisotopic (exact) mass is 304 g/mol. The fourth-order valence-corrected chi connectivity index (χ4v) is 3.12. The summed E-state index contributed by atoms with van der Waals surface area (Å²) in [6.45, 7) is 2.42. The van der Waals surface area contributed by atoms with E-state index in [2.05, 4.69) is 9.88 Å². The highest BCUT2D eigenvalue weighted by atomic mass is 35.5. The lowest BCUT2D eigenvalue weighted by Gasteiger charge is -2.30. The van der Waals surface area contributed by atoms with Gasteiger partial charge in [0.1, 0.15) is 0 Å². The summed E-state index contributed by atoms with van der Waals surface area (Å²) in [5, 5.41) is 10.7. The van der Waals surface area contributed by atoms with Gasteiger partial charge in [-0.2, -0.15) is 0 Å². The Balaban J connectivity index is 1.77. The van der Waals surface area contributed by atoms with Crippen LogP contribution >= 0.6 is 11.6 Å². The molecule has 2 heterocycles. The maximum atomic E-state index is 11.0. The van der Waals surface area contributed by atoms with Crippen molar-refractivity contribution in [2.45, 2.75) is 19.4 Å². The van der Waals surface area contributed by atoms with Gasteiger partial charge in [0, 0.05) is 23.2 Å². The number of hydrogen-bond acceptors (Lipinski definition) is 3. The number of carboxylic acids is 1. The molecule has 4 nitrogen and oxygen atoms in total. The minimum Gasteiger partial charge on any atom is -0.481 e. The molecule has 1 aliphatic heterocycles. The fourth-order valence-electron chi connectivity index (χ4n) is 2.90. The molecule has 0 aliphatic carbocycles. The third-order valence-electron chi connectivity index (χ3n) is 4.13. The summed E-state index contributed by atoms with van der Waals surface area (Å²) in [7, 11) is 0. The van der Waals surface area contributed by atoms with Crippen molar-refractivity contribution in [2.24, 2.45) is 5.92 Å². The molecule has 1 aromatic heterocycles. The van der Waals surface area contributed by atoms with Gasteiger partial charge >= 0.3 is 5.97 Å². The van der Waals surface area contributed by atoms with Gasteiger partial charge in [0.25, 0.3) is 0 Å². The average molecular weight is 305 g/mol. The quantitative estimate of drug-likeness (QED) is 0.946. The lowest BCUT2D eigenvalue weighted by Crippen LogP contribution is -2.35. The molecule has 2 aromatic rings. The molecule has 0 bridgehead atoms. The predicted molar refractivity (Wildman–Crippen MR) is 82.4 cm³/mol. The van der Waals surface area contributed by atoms with Gasteiger partial charge in [-0.05, 0) is 49.7 Å². The number of aromatic nitrogens is 1.